The second-order valence-electron chi connectivity index (χ2n) is 10.5. The second-order valence-corrected chi connectivity index (χ2v) is 10.9. The van der Waals surface area contributed by atoms with E-state index < -0.39 is 36.1 Å². The van der Waals surface area contributed by atoms with Gasteiger partial charge in [0.15, 0.2) is 0 Å². The van der Waals surface area contributed by atoms with E-state index >= 15 is 0 Å². The van der Waals surface area contributed by atoms with Crippen LogP contribution in [0.1, 0.15) is 27.5 Å². The summed E-state index contributed by atoms with van der Waals surface area (Å²) in [6.45, 7) is -0.409. The van der Waals surface area contributed by atoms with Gasteiger partial charge in [-0.3, -0.25) is 24.1 Å². The smallest absolute Gasteiger partial charge is 0.299 e. The lowest BCUT2D eigenvalue weighted by Gasteiger charge is -2.33. The number of nitrogens with zero attached hydrogens (tertiary/aromatic N) is 3. The Labute approximate surface area is 260 Å². The molecule has 1 aliphatic rings. The fourth-order valence-corrected chi connectivity index (χ4v) is 5.18. The molecular weight excluding hydrogens is 580 g/mol. The van der Waals surface area contributed by atoms with Crippen LogP contribution in [0.4, 0.5) is 17.1 Å². The van der Waals surface area contributed by atoms with Crippen molar-refractivity contribution in [3.05, 3.63) is 119 Å². The molecule has 224 valence electrons. The molecule has 0 radical (unpaired) electrons. The van der Waals surface area contributed by atoms with Gasteiger partial charge in [0, 0.05) is 37.0 Å². The number of Topliss-reactive ketones (excluding diaryl/α,β-unsaturated/α-hetero) is 1. The van der Waals surface area contributed by atoms with E-state index in [0.29, 0.717) is 27.7 Å². The third-order valence-electron chi connectivity index (χ3n) is 7.40. The van der Waals surface area contributed by atoms with E-state index in [2.05, 4.69) is 5.32 Å². The minimum absolute atomic E-state index is 0.0285. The van der Waals surface area contributed by atoms with E-state index in [9.17, 15) is 19.2 Å². The highest BCUT2D eigenvalue weighted by molar-refractivity contribution is 6.52. The summed E-state index contributed by atoms with van der Waals surface area (Å²) in [4.78, 5) is 58.5. The molecule has 0 bridgehead atoms. The molecule has 10 heteroatoms. The lowest BCUT2D eigenvalue weighted by atomic mass is 10.0. The van der Waals surface area contributed by atoms with Crippen molar-refractivity contribution >= 4 is 52.2 Å². The molecule has 1 heterocycles. The quantitative estimate of drug-likeness (QED) is 0.243. The van der Waals surface area contributed by atoms with Crippen molar-refractivity contribution in [3.63, 3.8) is 0 Å². The number of benzene rings is 4. The van der Waals surface area contributed by atoms with Crippen LogP contribution in [-0.4, -0.2) is 56.2 Å². The number of ketones is 1. The van der Waals surface area contributed by atoms with Crippen LogP contribution >= 0.6 is 11.6 Å². The topological polar surface area (TPSA) is 99.3 Å². The molecule has 0 fully saturated rings. The van der Waals surface area contributed by atoms with Gasteiger partial charge in [0.25, 0.3) is 17.6 Å². The average molecular weight is 611 g/mol. The van der Waals surface area contributed by atoms with Gasteiger partial charge in [0.05, 0.1) is 18.4 Å². The van der Waals surface area contributed by atoms with Crippen LogP contribution in [0, 0.1) is 0 Å². The number of amides is 3. The standard InChI is InChI=1S/C34H31ClN4O5/c1-37(2)26-16-14-25(15-17-26)36-33(42)31(23-10-12-24(35)13-11-23)39(20-22-8-18-27(44-3)19-9-22)30(40)21-38-29-7-5-4-6-28(29)32(41)34(38)43/h4-19,31H,20-21H2,1-3H3,(H,36,42)/t31-/m0/s1. The van der Waals surface area contributed by atoms with E-state index in [4.69, 9.17) is 16.3 Å². The van der Waals surface area contributed by atoms with Crippen molar-refractivity contribution in [1.29, 1.82) is 0 Å². The van der Waals surface area contributed by atoms with Gasteiger partial charge >= 0.3 is 0 Å². The first-order valence-electron chi connectivity index (χ1n) is 13.9. The highest BCUT2D eigenvalue weighted by Crippen LogP contribution is 2.31. The minimum Gasteiger partial charge on any atom is -0.497 e. The maximum absolute atomic E-state index is 14.2. The minimum atomic E-state index is -1.11. The molecule has 0 aromatic heterocycles. The zero-order valence-electron chi connectivity index (χ0n) is 24.5. The lowest BCUT2D eigenvalue weighted by Crippen LogP contribution is -2.46. The van der Waals surface area contributed by atoms with Crippen molar-refractivity contribution in [2.45, 2.75) is 12.6 Å². The monoisotopic (exact) mass is 610 g/mol. The zero-order valence-corrected chi connectivity index (χ0v) is 25.2. The molecule has 3 amide bonds. The van der Waals surface area contributed by atoms with Crippen molar-refractivity contribution in [1.82, 2.24) is 4.90 Å². The molecule has 1 N–H and O–H groups in total. The van der Waals surface area contributed by atoms with Gasteiger partial charge in [-0.25, -0.2) is 0 Å². The summed E-state index contributed by atoms with van der Waals surface area (Å²) in [5, 5.41) is 3.42. The molecule has 4 aromatic carbocycles. The van der Waals surface area contributed by atoms with Crippen LogP contribution in [0.25, 0.3) is 0 Å². The molecule has 44 heavy (non-hydrogen) atoms. The molecule has 0 aliphatic carbocycles. The third-order valence-corrected chi connectivity index (χ3v) is 7.65. The molecule has 0 saturated carbocycles. The van der Waals surface area contributed by atoms with Gasteiger partial charge in [-0.1, -0.05) is 48.0 Å². The van der Waals surface area contributed by atoms with Gasteiger partial charge in [-0.2, -0.15) is 0 Å². The van der Waals surface area contributed by atoms with Crippen molar-refractivity contribution in [3.8, 4) is 5.75 Å². The summed E-state index contributed by atoms with van der Waals surface area (Å²) in [5.41, 5.74) is 3.34. The number of hydrogen-bond acceptors (Lipinski definition) is 6. The Balaban J connectivity index is 1.53. The molecule has 0 saturated heterocycles. The third kappa shape index (κ3) is 6.43. The van der Waals surface area contributed by atoms with Crippen LogP contribution in [0.5, 0.6) is 5.75 Å². The number of hydrogen-bond donors (Lipinski definition) is 1. The van der Waals surface area contributed by atoms with Gasteiger partial charge in [0.1, 0.15) is 18.3 Å². The molecule has 1 atom stereocenters. The van der Waals surface area contributed by atoms with Gasteiger partial charge in [0.2, 0.25) is 5.91 Å². The predicted octanol–water partition coefficient (Wildman–Crippen LogP) is 5.35. The molecule has 4 aromatic rings. The van der Waals surface area contributed by atoms with Crippen molar-refractivity contribution in [2.75, 3.05) is 42.9 Å². The van der Waals surface area contributed by atoms with Crippen LogP contribution in [-0.2, 0) is 20.9 Å². The largest absolute Gasteiger partial charge is 0.497 e. The van der Waals surface area contributed by atoms with Crippen LogP contribution in [0.15, 0.2) is 97.1 Å². The van der Waals surface area contributed by atoms with E-state index in [1.165, 1.54) is 4.90 Å². The van der Waals surface area contributed by atoms with Crippen LogP contribution < -0.4 is 19.9 Å². The van der Waals surface area contributed by atoms with E-state index in [1.54, 1.807) is 92.0 Å². The highest BCUT2D eigenvalue weighted by Gasteiger charge is 2.39. The number of fused-ring (bicyclic) bond motifs is 1. The Morgan fingerprint density at radius 1 is 0.886 bits per heavy atom. The Bertz CT molecular complexity index is 1690. The summed E-state index contributed by atoms with van der Waals surface area (Å²) in [7, 11) is 5.40. The normalized spacial score (nSPS) is 12.9. The summed E-state index contributed by atoms with van der Waals surface area (Å²) in [6.07, 6.45) is 0. The average Bonchev–Trinajstić information content (AvgIpc) is 3.27. The Hall–Kier alpha value is -5.15. The van der Waals surface area contributed by atoms with Gasteiger partial charge in [-0.15, -0.1) is 0 Å². The van der Waals surface area contributed by atoms with Crippen molar-refractivity contribution in [2.24, 2.45) is 0 Å². The molecule has 0 unspecified atom stereocenters. The lowest BCUT2D eigenvalue weighted by molar-refractivity contribution is -0.139. The van der Waals surface area contributed by atoms with Gasteiger partial charge in [-0.05, 0) is 71.8 Å². The number of ether oxygens (including phenoxy) is 1. The molecular formula is C34H31ClN4O5. The Kier molecular flexibility index (Phi) is 8.96. The molecule has 9 nitrogen and oxygen atoms in total. The summed E-state index contributed by atoms with van der Waals surface area (Å²) in [6, 6.07) is 26.6. The Morgan fingerprint density at radius 2 is 1.55 bits per heavy atom. The fraction of sp³-hybridized carbons (Fsp3) is 0.176. The number of nitrogens with one attached hydrogen (secondary N) is 1. The molecule has 1 aliphatic heterocycles. The first kappa shape index (κ1) is 30.3. The van der Waals surface area contributed by atoms with E-state index in [0.717, 1.165) is 16.2 Å². The number of rotatable bonds is 10. The number of para-hydroxylation sites is 1. The second kappa shape index (κ2) is 13.0. The Morgan fingerprint density at radius 3 is 2.18 bits per heavy atom. The summed E-state index contributed by atoms with van der Waals surface area (Å²) >= 11 is 6.18. The van der Waals surface area contributed by atoms with Crippen LogP contribution in [0.2, 0.25) is 5.02 Å². The summed E-state index contributed by atoms with van der Waals surface area (Å²) < 4.78 is 5.28. The number of anilines is 3. The first-order chi connectivity index (χ1) is 21.2. The van der Waals surface area contributed by atoms with E-state index in [1.807, 2.05) is 31.1 Å². The molecule has 0 spiro atoms. The van der Waals surface area contributed by atoms with E-state index in [-0.39, 0.29) is 12.1 Å². The van der Waals surface area contributed by atoms with Crippen LogP contribution in [0.3, 0.4) is 0 Å². The zero-order chi connectivity index (χ0) is 31.4. The fourth-order valence-electron chi connectivity index (χ4n) is 5.05. The first-order valence-corrected chi connectivity index (χ1v) is 14.3. The van der Waals surface area contributed by atoms with Gasteiger partial charge < -0.3 is 19.9 Å². The predicted molar refractivity (Wildman–Crippen MR) is 170 cm³/mol. The summed E-state index contributed by atoms with van der Waals surface area (Å²) in [5.74, 6) is -1.83. The number of carbonyl (C=O) groups excluding carboxylic acids is 4. The molecule has 5 rings (SSSR count). The number of carbonyl (C=O) groups is 4. The maximum Gasteiger partial charge on any atom is 0.299 e. The number of methoxy groups -OCH3 is 1. The van der Waals surface area contributed by atoms with Crippen molar-refractivity contribution < 1.29 is 23.9 Å². The highest BCUT2D eigenvalue weighted by atomic mass is 35.5. The SMILES string of the molecule is COc1ccc(CN(C(=O)CN2C(=O)C(=O)c3ccccc32)[C@H](C(=O)Nc2ccc(N(C)C)cc2)c2ccc(Cl)cc2)cc1. The maximum atomic E-state index is 14.2. The number of halogens is 1.